The van der Waals surface area contributed by atoms with Crippen LogP contribution in [0, 0.1) is 10.1 Å². The SMILES string of the molecule is C=CCOC(=O)C1=C(C)N=c2sc(=Cc3ccc(-c4ccccc4[N+](=O)[O-])o3)c(=O)n2C1c1ccccc1. The second-order valence-corrected chi connectivity index (χ2v) is 9.36. The number of benzene rings is 2. The van der Waals surface area contributed by atoms with E-state index in [0.717, 1.165) is 16.9 Å². The molecule has 0 fully saturated rings. The van der Waals surface area contributed by atoms with E-state index in [-0.39, 0.29) is 23.4 Å². The molecule has 0 aliphatic carbocycles. The summed E-state index contributed by atoms with van der Waals surface area (Å²) in [5.74, 6) is 0.0806. The Hall–Kier alpha value is -4.83. The minimum Gasteiger partial charge on any atom is -0.458 e. The average Bonchev–Trinajstić information content (AvgIpc) is 3.51. The number of esters is 1. The van der Waals surface area contributed by atoms with Gasteiger partial charge in [-0.1, -0.05) is 66.5 Å². The van der Waals surface area contributed by atoms with Crippen molar-refractivity contribution < 1.29 is 18.9 Å². The van der Waals surface area contributed by atoms with Crippen molar-refractivity contribution in [2.45, 2.75) is 13.0 Å². The molecule has 3 heterocycles. The quantitative estimate of drug-likeness (QED) is 0.154. The Balaban J connectivity index is 1.62. The van der Waals surface area contributed by atoms with E-state index >= 15 is 0 Å². The topological polar surface area (TPSA) is 117 Å². The Labute approximate surface area is 220 Å². The highest BCUT2D eigenvalue weighted by Crippen LogP contribution is 2.32. The van der Waals surface area contributed by atoms with Gasteiger partial charge in [0.05, 0.1) is 32.3 Å². The van der Waals surface area contributed by atoms with E-state index in [9.17, 15) is 19.7 Å². The number of thiazole rings is 1. The molecule has 190 valence electrons. The highest BCUT2D eigenvalue weighted by molar-refractivity contribution is 7.07. The van der Waals surface area contributed by atoms with Crippen molar-refractivity contribution >= 4 is 29.1 Å². The summed E-state index contributed by atoms with van der Waals surface area (Å²) in [5, 5.41) is 11.4. The normalized spacial score (nSPS) is 15.1. The number of rotatable bonds is 7. The third-order valence-electron chi connectivity index (χ3n) is 5.96. The number of nitro benzene ring substituents is 1. The van der Waals surface area contributed by atoms with Gasteiger partial charge in [0.25, 0.3) is 11.2 Å². The van der Waals surface area contributed by atoms with Crippen LogP contribution in [-0.2, 0) is 9.53 Å². The van der Waals surface area contributed by atoms with Crippen molar-refractivity contribution in [2.75, 3.05) is 6.61 Å². The average molecular weight is 528 g/mol. The molecule has 0 bridgehead atoms. The number of allylic oxidation sites excluding steroid dienone is 1. The first kappa shape index (κ1) is 24.8. The van der Waals surface area contributed by atoms with E-state index in [4.69, 9.17) is 9.15 Å². The number of fused-ring (bicyclic) bond motifs is 1. The van der Waals surface area contributed by atoms with Gasteiger partial charge < -0.3 is 9.15 Å². The Morgan fingerprint density at radius 2 is 1.92 bits per heavy atom. The van der Waals surface area contributed by atoms with Crippen molar-refractivity contribution in [1.82, 2.24) is 4.57 Å². The molecule has 0 amide bonds. The van der Waals surface area contributed by atoms with Gasteiger partial charge in [0.2, 0.25) is 0 Å². The largest absolute Gasteiger partial charge is 0.458 e. The molecule has 0 saturated carbocycles. The van der Waals surface area contributed by atoms with E-state index in [1.807, 2.05) is 30.3 Å². The van der Waals surface area contributed by atoms with E-state index in [2.05, 4.69) is 11.6 Å². The lowest BCUT2D eigenvalue weighted by molar-refractivity contribution is -0.384. The summed E-state index contributed by atoms with van der Waals surface area (Å²) >= 11 is 1.16. The van der Waals surface area contributed by atoms with Crippen LogP contribution < -0.4 is 14.9 Å². The first-order valence-electron chi connectivity index (χ1n) is 11.6. The molecular formula is C28H21N3O6S. The van der Waals surface area contributed by atoms with Crippen LogP contribution in [0.2, 0.25) is 0 Å². The molecule has 0 radical (unpaired) electrons. The smallest absolute Gasteiger partial charge is 0.338 e. The van der Waals surface area contributed by atoms with Gasteiger partial charge in [-0.2, -0.15) is 0 Å². The summed E-state index contributed by atoms with van der Waals surface area (Å²) in [4.78, 5) is 42.6. The number of carbonyl (C=O) groups excluding carboxylic acids is 1. The summed E-state index contributed by atoms with van der Waals surface area (Å²) < 4.78 is 13.0. The molecule has 5 rings (SSSR count). The van der Waals surface area contributed by atoms with E-state index < -0.39 is 16.9 Å². The number of nitro groups is 1. The fourth-order valence-electron chi connectivity index (χ4n) is 4.29. The minimum absolute atomic E-state index is 0.0297. The molecule has 9 nitrogen and oxygen atoms in total. The van der Waals surface area contributed by atoms with Crippen molar-refractivity contribution in [1.29, 1.82) is 0 Å². The molecule has 0 spiro atoms. The lowest BCUT2D eigenvalue weighted by Crippen LogP contribution is -2.39. The number of carbonyl (C=O) groups is 1. The van der Waals surface area contributed by atoms with E-state index in [0.29, 0.717) is 32.1 Å². The molecule has 0 N–H and O–H groups in total. The number of hydrogen-bond acceptors (Lipinski definition) is 8. The van der Waals surface area contributed by atoms with Crippen LogP contribution in [-0.4, -0.2) is 22.1 Å². The number of nitrogens with zero attached hydrogens (tertiary/aromatic N) is 3. The standard InChI is InChI=1S/C28H21N3O6S/c1-3-15-36-27(33)24-17(2)29-28-30(25(24)18-9-5-4-6-10-18)26(32)23(38-28)16-19-13-14-22(37-19)20-11-7-8-12-21(20)31(34)35/h3-14,16,25H,1,15H2,2H3. The predicted molar refractivity (Wildman–Crippen MR) is 142 cm³/mol. The fourth-order valence-corrected chi connectivity index (χ4v) is 5.32. The first-order valence-corrected chi connectivity index (χ1v) is 12.4. The lowest BCUT2D eigenvalue weighted by Gasteiger charge is -2.24. The Morgan fingerprint density at radius 3 is 2.66 bits per heavy atom. The van der Waals surface area contributed by atoms with Crippen LogP contribution in [0.4, 0.5) is 5.69 Å². The Kier molecular flexibility index (Phi) is 6.71. The van der Waals surface area contributed by atoms with Gasteiger partial charge in [-0.25, -0.2) is 9.79 Å². The van der Waals surface area contributed by atoms with Gasteiger partial charge in [-0.05, 0) is 30.7 Å². The number of aromatic nitrogens is 1. The van der Waals surface area contributed by atoms with Gasteiger partial charge in [-0.15, -0.1) is 0 Å². The first-order chi connectivity index (χ1) is 18.4. The molecule has 1 unspecified atom stereocenters. The lowest BCUT2D eigenvalue weighted by atomic mass is 9.96. The molecule has 2 aromatic heterocycles. The molecule has 1 aliphatic rings. The van der Waals surface area contributed by atoms with Crippen molar-refractivity contribution in [3.8, 4) is 11.3 Å². The summed E-state index contributed by atoms with van der Waals surface area (Å²) in [6.45, 7) is 5.33. The summed E-state index contributed by atoms with van der Waals surface area (Å²) in [7, 11) is 0. The molecule has 10 heteroatoms. The third kappa shape index (κ3) is 4.53. The van der Waals surface area contributed by atoms with Crippen LogP contribution in [0.3, 0.4) is 0 Å². The van der Waals surface area contributed by atoms with Gasteiger partial charge in [0.15, 0.2) is 4.80 Å². The zero-order valence-corrected chi connectivity index (χ0v) is 21.0. The predicted octanol–water partition coefficient (Wildman–Crippen LogP) is 4.13. The Morgan fingerprint density at radius 1 is 1.18 bits per heavy atom. The summed E-state index contributed by atoms with van der Waals surface area (Å²) in [5.41, 5.74) is 1.36. The van der Waals surface area contributed by atoms with Gasteiger partial charge >= 0.3 is 5.97 Å². The second-order valence-electron chi connectivity index (χ2n) is 8.36. The van der Waals surface area contributed by atoms with Crippen molar-refractivity contribution in [2.24, 2.45) is 4.99 Å². The van der Waals surface area contributed by atoms with Crippen molar-refractivity contribution in [3.05, 3.63) is 132 Å². The van der Waals surface area contributed by atoms with Crippen LogP contribution in [0.5, 0.6) is 0 Å². The zero-order valence-electron chi connectivity index (χ0n) is 20.2. The molecule has 4 aromatic rings. The maximum Gasteiger partial charge on any atom is 0.338 e. The number of para-hydroxylation sites is 1. The maximum atomic E-state index is 13.7. The fraction of sp³-hybridized carbons (Fsp3) is 0.107. The van der Waals surface area contributed by atoms with Gasteiger partial charge in [0.1, 0.15) is 18.1 Å². The highest BCUT2D eigenvalue weighted by Gasteiger charge is 2.33. The summed E-state index contributed by atoms with van der Waals surface area (Å²) in [6, 6.07) is 18.0. The highest BCUT2D eigenvalue weighted by atomic mass is 32.1. The van der Waals surface area contributed by atoms with Crippen LogP contribution >= 0.6 is 11.3 Å². The number of ether oxygens (including phenoxy) is 1. The molecule has 0 saturated heterocycles. The van der Waals surface area contributed by atoms with E-state index in [1.54, 1.807) is 43.3 Å². The Bertz CT molecular complexity index is 1780. The molecular weight excluding hydrogens is 506 g/mol. The maximum absolute atomic E-state index is 13.7. The van der Waals surface area contributed by atoms with Crippen LogP contribution in [0.1, 0.15) is 24.3 Å². The van der Waals surface area contributed by atoms with E-state index in [1.165, 1.54) is 16.7 Å². The molecule has 1 aliphatic heterocycles. The molecule has 1 atom stereocenters. The molecule has 2 aromatic carbocycles. The van der Waals surface area contributed by atoms with Crippen LogP contribution in [0.25, 0.3) is 17.4 Å². The zero-order chi connectivity index (χ0) is 26.8. The minimum atomic E-state index is -0.731. The third-order valence-corrected chi connectivity index (χ3v) is 6.94. The monoisotopic (exact) mass is 527 g/mol. The van der Waals surface area contributed by atoms with Crippen molar-refractivity contribution in [3.63, 3.8) is 0 Å². The number of hydrogen-bond donors (Lipinski definition) is 0. The summed E-state index contributed by atoms with van der Waals surface area (Å²) in [6.07, 6.45) is 3.04. The second kappa shape index (κ2) is 10.3. The van der Waals surface area contributed by atoms with Gasteiger partial charge in [0, 0.05) is 12.1 Å². The van der Waals surface area contributed by atoms with Crippen LogP contribution in [0.15, 0.2) is 105 Å². The molecule has 38 heavy (non-hydrogen) atoms. The van der Waals surface area contributed by atoms with Gasteiger partial charge in [-0.3, -0.25) is 19.5 Å². The number of furan rings is 1.